The van der Waals surface area contributed by atoms with Crippen molar-refractivity contribution in [3.63, 3.8) is 0 Å². The Labute approximate surface area is 87.5 Å². The fourth-order valence-corrected chi connectivity index (χ4v) is 1.61. The maximum Gasteiger partial charge on any atom is 0.524 e. The molecule has 0 bridgehead atoms. The Balaban J connectivity index is 3.12. The van der Waals surface area contributed by atoms with Gasteiger partial charge in [0.2, 0.25) is 0 Å². The molecule has 0 atom stereocenters. The van der Waals surface area contributed by atoms with Crippen LogP contribution in [0.15, 0.2) is 18.2 Å². The summed E-state index contributed by atoms with van der Waals surface area (Å²) in [5.74, 6) is 0.109. The molecule has 1 rings (SSSR count). The molecule has 0 saturated carbocycles. The second-order valence-corrected chi connectivity index (χ2v) is 3.92. The number of hydrogen-bond donors (Lipinski definition) is 4. The second kappa shape index (κ2) is 4.53. The van der Waals surface area contributed by atoms with Crippen LogP contribution < -0.4 is 15.2 Å². The minimum absolute atomic E-state index is 0.109. The molecule has 0 fully saturated rings. The smallest absolute Gasteiger partial charge is 0.402 e. The van der Waals surface area contributed by atoms with E-state index in [0.717, 1.165) is 0 Å². The summed E-state index contributed by atoms with van der Waals surface area (Å²) >= 11 is 0. The van der Waals surface area contributed by atoms with Gasteiger partial charge in [-0.05, 0) is 12.1 Å². The lowest BCUT2D eigenvalue weighted by Gasteiger charge is -2.14. The minimum atomic E-state index is -4.53. The molecule has 6 nitrogen and oxygen atoms in total. The third kappa shape index (κ3) is 3.13. The van der Waals surface area contributed by atoms with Gasteiger partial charge in [-0.1, -0.05) is 6.07 Å². The number of phosphoric acid groups is 1. The number of nitrogens with one attached hydrogen (secondary N) is 2. The van der Waals surface area contributed by atoms with Gasteiger partial charge in [-0.3, -0.25) is 9.79 Å². The van der Waals surface area contributed by atoms with Crippen LogP contribution in [0.2, 0.25) is 0 Å². The highest BCUT2D eigenvalue weighted by atomic mass is 31.2. The number of para-hydroxylation sites is 1. The summed E-state index contributed by atoms with van der Waals surface area (Å²) < 4.78 is 15.2. The van der Waals surface area contributed by atoms with Gasteiger partial charge in [0.05, 0.1) is 5.69 Å². The van der Waals surface area contributed by atoms with Crippen molar-refractivity contribution in [3.05, 3.63) is 18.2 Å². The van der Waals surface area contributed by atoms with Crippen LogP contribution in [-0.4, -0.2) is 23.9 Å². The Bertz CT molecular complexity index is 390. The van der Waals surface area contributed by atoms with Gasteiger partial charge >= 0.3 is 7.82 Å². The molecule has 0 amide bonds. The Kier molecular flexibility index (Phi) is 3.57. The van der Waals surface area contributed by atoms with E-state index in [1.807, 2.05) is 0 Å². The highest BCUT2D eigenvalue weighted by molar-refractivity contribution is 7.46. The Morgan fingerprint density at radius 1 is 1.27 bits per heavy atom. The van der Waals surface area contributed by atoms with Crippen LogP contribution in [0.1, 0.15) is 0 Å². The Morgan fingerprint density at radius 3 is 2.40 bits per heavy atom. The quantitative estimate of drug-likeness (QED) is 0.584. The molecule has 0 saturated heterocycles. The second-order valence-electron chi connectivity index (χ2n) is 2.76. The van der Waals surface area contributed by atoms with E-state index in [2.05, 4.69) is 15.2 Å². The predicted octanol–water partition coefficient (Wildman–Crippen LogP) is 1.24. The number of hydrogen-bond acceptors (Lipinski definition) is 4. The molecule has 0 spiro atoms. The van der Waals surface area contributed by atoms with E-state index < -0.39 is 7.82 Å². The molecule has 15 heavy (non-hydrogen) atoms. The molecule has 0 aliphatic carbocycles. The summed E-state index contributed by atoms with van der Waals surface area (Å²) in [5.41, 5.74) is 1.20. The lowest BCUT2D eigenvalue weighted by molar-refractivity contribution is 0.284. The molecular formula is C8H13N2O4P. The normalized spacial score (nSPS) is 10.9. The molecule has 7 heteroatoms. The van der Waals surface area contributed by atoms with Crippen LogP contribution in [0.25, 0.3) is 0 Å². The summed E-state index contributed by atoms with van der Waals surface area (Å²) in [5, 5.41) is 5.68. The molecule has 1 aromatic carbocycles. The van der Waals surface area contributed by atoms with Gasteiger partial charge in [0.1, 0.15) is 5.69 Å². The van der Waals surface area contributed by atoms with Gasteiger partial charge in [0.25, 0.3) is 0 Å². The van der Waals surface area contributed by atoms with Crippen molar-refractivity contribution in [2.75, 3.05) is 24.7 Å². The van der Waals surface area contributed by atoms with Crippen LogP contribution in [0.3, 0.4) is 0 Å². The van der Waals surface area contributed by atoms with Crippen LogP contribution in [0, 0.1) is 0 Å². The van der Waals surface area contributed by atoms with E-state index in [9.17, 15) is 4.57 Å². The summed E-state index contributed by atoms with van der Waals surface area (Å²) in [7, 11) is -1.18. The van der Waals surface area contributed by atoms with Gasteiger partial charge in [0.15, 0.2) is 5.75 Å². The van der Waals surface area contributed by atoms with Crippen LogP contribution in [0.4, 0.5) is 11.4 Å². The molecule has 0 aromatic heterocycles. The van der Waals surface area contributed by atoms with E-state index in [4.69, 9.17) is 9.79 Å². The highest BCUT2D eigenvalue weighted by Gasteiger charge is 2.19. The molecule has 0 aliphatic rings. The lowest BCUT2D eigenvalue weighted by Crippen LogP contribution is -2.00. The van der Waals surface area contributed by atoms with Crippen LogP contribution >= 0.6 is 7.82 Å². The zero-order chi connectivity index (χ0) is 11.5. The molecular weight excluding hydrogens is 219 g/mol. The number of phosphoric ester groups is 1. The van der Waals surface area contributed by atoms with E-state index >= 15 is 0 Å². The summed E-state index contributed by atoms with van der Waals surface area (Å²) in [4.78, 5) is 17.4. The number of anilines is 2. The molecule has 84 valence electrons. The van der Waals surface area contributed by atoms with Crippen molar-refractivity contribution in [2.24, 2.45) is 0 Å². The third-order valence-electron chi connectivity index (χ3n) is 1.76. The van der Waals surface area contributed by atoms with E-state index in [0.29, 0.717) is 11.4 Å². The summed E-state index contributed by atoms with van der Waals surface area (Å²) in [6, 6.07) is 4.88. The Morgan fingerprint density at radius 2 is 1.93 bits per heavy atom. The first kappa shape index (κ1) is 11.8. The van der Waals surface area contributed by atoms with Gasteiger partial charge in [-0.25, -0.2) is 4.57 Å². The molecule has 1 aromatic rings. The van der Waals surface area contributed by atoms with Crippen LogP contribution in [-0.2, 0) is 4.57 Å². The monoisotopic (exact) mass is 232 g/mol. The zero-order valence-electron chi connectivity index (χ0n) is 8.39. The topological polar surface area (TPSA) is 90.8 Å². The number of rotatable bonds is 4. The van der Waals surface area contributed by atoms with E-state index in [1.54, 1.807) is 26.2 Å². The highest BCUT2D eigenvalue weighted by Crippen LogP contribution is 2.43. The molecule has 4 N–H and O–H groups in total. The van der Waals surface area contributed by atoms with Crippen molar-refractivity contribution in [2.45, 2.75) is 0 Å². The predicted molar refractivity (Wildman–Crippen MR) is 58.2 cm³/mol. The van der Waals surface area contributed by atoms with Gasteiger partial charge in [-0.15, -0.1) is 0 Å². The van der Waals surface area contributed by atoms with Gasteiger partial charge < -0.3 is 15.2 Å². The maximum absolute atomic E-state index is 10.7. The van der Waals surface area contributed by atoms with Crippen molar-refractivity contribution in [1.29, 1.82) is 0 Å². The minimum Gasteiger partial charge on any atom is -0.402 e. The average molecular weight is 232 g/mol. The van der Waals surface area contributed by atoms with Crippen molar-refractivity contribution < 1.29 is 18.9 Å². The summed E-state index contributed by atoms with van der Waals surface area (Å²) in [6.07, 6.45) is 0. The zero-order valence-corrected chi connectivity index (χ0v) is 9.28. The fourth-order valence-electron chi connectivity index (χ4n) is 1.20. The van der Waals surface area contributed by atoms with Gasteiger partial charge in [0, 0.05) is 14.1 Å². The standard InChI is InChI=1S/C8H13N2O4P/c1-9-6-4-3-5-7(8(6)10-2)14-15(11,12)13/h3-5,9-10H,1-2H3,(H2,11,12,13). The lowest BCUT2D eigenvalue weighted by atomic mass is 10.2. The number of benzene rings is 1. The van der Waals surface area contributed by atoms with Gasteiger partial charge in [-0.2, -0.15) is 0 Å². The summed E-state index contributed by atoms with van der Waals surface area (Å²) in [6.45, 7) is 0. The molecule has 0 unspecified atom stereocenters. The first-order valence-corrected chi connectivity index (χ1v) is 5.74. The van der Waals surface area contributed by atoms with Crippen molar-refractivity contribution >= 4 is 19.2 Å². The van der Waals surface area contributed by atoms with E-state index in [-0.39, 0.29) is 5.75 Å². The fraction of sp³-hybridized carbons (Fsp3) is 0.250. The van der Waals surface area contributed by atoms with Crippen molar-refractivity contribution in [1.82, 2.24) is 0 Å². The average Bonchev–Trinajstić information content (AvgIpc) is 2.15. The van der Waals surface area contributed by atoms with Crippen molar-refractivity contribution in [3.8, 4) is 5.75 Å². The first-order chi connectivity index (χ1) is 6.98. The third-order valence-corrected chi connectivity index (χ3v) is 2.20. The Hall–Kier alpha value is -1.23. The first-order valence-electron chi connectivity index (χ1n) is 4.21. The molecule has 0 radical (unpaired) electrons. The molecule has 0 aliphatic heterocycles. The van der Waals surface area contributed by atoms with Crippen LogP contribution in [0.5, 0.6) is 5.75 Å². The van der Waals surface area contributed by atoms with E-state index in [1.165, 1.54) is 6.07 Å². The largest absolute Gasteiger partial charge is 0.524 e. The maximum atomic E-state index is 10.7. The SMILES string of the molecule is CNc1cccc(OP(=O)(O)O)c1NC. The molecule has 0 heterocycles.